The third-order valence-corrected chi connectivity index (χ3v) is 2.37. The molecule has 0 aliphatic carbocycles. The Bertz CT molecular complexity index is 201. The monoisotopic (exact) mass is 374 g/mol. The first kappa shape index (κ1) is 16.9. The van der Waals surface area contributed by atoms with E-state index in [0.29, 0.717) is 36.7 Å². The van der Waals surface area contributed by atoms with Gasteiger partial charge in [-0.3, -0.25) is 9.59 Å². The van der Waals surface area contributed by atoms with Crippen LogP contribution in [0.25, 0.3) is 0 Å². The maximum atomic E-state index is 10.9. The fraction of sp³-hybridized carbons (Fsp3) is 0.800. The number of carbonyl (C=O) groups is 2. The van der Waals surface area contributed by atoms with E-state index in [9.17, 15) is 9.59 Å². The van der Waals surface area contributed by atoms with Crippen molar-refractivity contribution in [1.82, 2.24) is 0 Å². The molecule has 0 fully saturated rings. The molecule has 0 unspecified atom stereocenters. The smallest absolute Gasteiger partial charge is 0.306 e. The van der Waals surface area contributed by atoms with Gasteiger partial charge in [-0.1, -0.05) is 31.9 Å². The van der Waals surface area contributed by atoms with Crippen LogP contribution in [0.1, 0.15) is 12.8 Å². The predicted octanol–water partition coefficient (Wildman–Crippen LogP) is 1.66. The largest absolute Gasteiger partial charge is 0.463 e. The molecule has 0 bridgehead atoms. The van der Waals surface area contributed by atoms with Crippen molar-refractivity contribution in [3.63, 3.8) is 0 Å². The van der Waals surface area contributed by atoms with E-state index in [1.165, 1.54) is 0 Å². The highest BCUT2D eigenvalue weighted by Crippen LogP contribution is 1.93. The summed E-state index contributed by atoms with van der Waals surface area (Å²) in [6.45, 7) is 1.07. The minimum absolute atomic E-state index is 0.223. The van der Waals surface area contributed by atoms with E-state index < -0.39 is 0 Å². The molecule has 0 rings (SSSR count). The van der Waals surface area contributed by atoms with Crippen molar-refractivity contribution in [3.8, 4) is 0 Å². The lowest BCUT2D eigenvalue weighted by Gasteiger charge is -2.06. The number of ether oxygens (including phenoxy) is 3. The molecular formula is C10H16Br2O5. The van der Waals surface area contributed by atoms with Crippen LogP contribution in [-0.4, -0.2) is 49.0 Å². The van der Waals surface area contributed by atoms with Gasteiger partial charge in [-0.15, -0.1) is 0 Å². The van der Waals surface area contributed by atoms with Gasteiger partial charge in [0.05, 0.1) is 26.1 Å². The van der Waals surface area contributed by atoms with E-state index in [2.05, 4.69) is 31.9 Å². The minimum Gasteiger partial charge on any atom is -0.463 e. The van der Waals surface area contributed by atoms with Gasteiger partial charge in [-0.2, -0.15) is 0 Å². The number of rotatable bonds is 10. The Balaban J connectivity index is 3.18. The average Bonchev–Trinajstić information content (AvgIpc) is 2.28. The summed E-state index contributed by atoms with van der Waals surface area (Å²) in [4.78, 5) is 21.8. The van der Waals surface area contributed by atoms with Crippen LogP contribution in [-0.2, 0) is 23.8 Å². The first-order valence-electron chi connectivity index (χ1n) is 5.21. The van der Waals surface area contributed by atoms with Crippen LogP contribution in [0.4, 0.5) is 0 Å². The Hall–Kier alpha value is -0.140. The lowest BCUT2D eigenvalue weighted by atomic mass is 10.5. The van der Waals surface area contributed by atoms with Crippen LogP contribution in [0.3, 0.4) is 0 Å². The molecule has 0 spiro atoms. The van der Waals surface area contributed by atoms with Crippen LogP contribution in [0.5, 0.6) is 0 Å². The van der Waals surface area contributed by atoms with E-state index in [-0.39, 0.29) is 25.2 Å². The second-order valence-electron chi connectivity index (χ2n) is 2.93. The van der Waals surface area contributed by atoms with Gasteiger partial charge in [0, 0.05) is 10.7 Å². The number of alkyl halides is 2. The van der Waals surface area contributed by atoms with Crippen LogP contribution in [0.15, 0.2) is 0 Å². The lowest BCUT2D eigenvalue weighted by Crippen LogP contribution is -2.14. The molecule has 0 aliphatic heterocycles. The maximum Gasteiger partial charge on any atom is 0.306 e. The topological polar surface area (TPSA) is 61.8 Å². The minimum atomic E-state index is -0.255. The number of hydrogen-bond acceptors (Lipinski definition) is 5. The summed E-state index contributed by atoms with van der Waals surface area (Å²) >= 11 is 6.27. The zero-order valence-electron chi connectivity index (χ0n) is 9.45. The van der Waals surface area contributed by atoms with Crippen LogP contribution < -0.4 is 0 Å². The van der Waals surface area contributed by atoms with Gasteiger partial charge in [0.2, 0.25) is 0 Å². The maximum absolute atomic E-state index is 10.9. The number of halogens is 2. The van der Waals surface area contributed by atoms with Gasteiger partial charge in [0.25, 0.3) is 0 Å². The van der Waals surface area contributed by atoms with Crippen molar-refractivity contribution in [2.75, 3.05) is 37.1 Å². The molecule has 0 aromatic carbocycles. The third-order valence-electron chi connectivity index (χ3n) is 1.58. The van der Waals surface area contributed by atoms with Crippen molar-refractivity contribution in [2.45, 2.75) is 12.8 Å². The van der Waals surface area contributed by atoms with Crippen LogP contribution in [0.2, 0.25) is 0 Å². The summed E-state index contributed by atoms with van der Waals surface area (Å²) in [5, 5.41) is 1.19. The van der Waals surface area contributed by atoms with Gasteiger partial charge >= 0.3 is 11.9 Å². The summed E-state index contributed by atoms with van der Waals surface area (Å²) in [6.07, 6.45) is 0.703. The Morgan fingerprint density at radius 1 is 0.765 bits per heavy atom. The zero-order valence-corrected chi connectivity index (χ0v) is 12.6. The molecule has 0 saturated heterocycles. The Kier molecular flexibility index (Phi) is 12.2. The lowest BCUT2D eigenvalue weighted by molar-refractivity contribution is -0.146. The van der Waals surface area contributed by atoms with E-state index >= 15 is 0 Å². The van der Waals surface area contributed by atoms with Crippen molar-refractivity contribution in [2.24, 2.45) is 0 Å². The molecule has 17 heavy (non-hydrogen) atoms. The van der Waals surface area contributed by atoms with Crippen molar-refractivity contribution >= 4 is 43.8 Å². The summed E-state index contributed by atoms with van der Waals surface area (Å²) in [5.41, 5.74) is 0. The summed E-state index contributed by atoms with van der Waals surface area (Å²) in [5.74, 6) is -0.511. The summed E-state index contributed by atoms with van der Waals surface area (Å²) in [7, 11) is 0. The molecule has 0 amide bonds. The van der Waals surface area contributed by atoms with Gasteiger partial charge < -0.3 is 14.2 Å². The van der Waals surface area contributed by atoms with E-state index in [1.807, 2.05) is 0 Å². The Labute approximate surface area is 117 Å². The molecule has 5 nitrogen and oxygen atoms in total. The van der Waals surface area contributed by atoms with E-state index in [4.69, 9.17) is 14.2 Å². The quantitative estimate of drug-likeness (QED) is 0.330. The molecule has 0 aromatic heterocycles. The molecule has 100 valence electrons. The van der Waals surface area contributed by atoms with Crippen molar-refractivity contribution in [3.05, 3.63) is 0 Å². The van der Waals surface area contributed by atoms with Gasteiger partial charge in [0.15, 0.2) is 0 Å². The Morgan fingerprint density at radius 3 is 1.53 bits per heavy atom. The first-order chi connectivity index (χ1) is 8.20. The normalized spacial score (nSPS) is 10.0. The van der Waals surface area contributed by atoms with Gasteiger partial charge in [-0.05, 0) is 0 Å². The van der Waals surface area contributed by atoms with Crippen molar-refractivity contribution < 1.29 is 23.8 Å². The second kappa shape index (κ2) is 12.3. The Morgan fingerprint density at radius 2 is 1.18 bits per heavy atom. The molecule has 0 radical (unpaired) electrons. The number of carbonyl (C=O) groups excluding carboxylic acids is 2. The molecule has 0 aliphatic rings. The molecule has 0 saturated carbocycles. The first-order valence-corrected chi connectivity index (χ1v) is 7.46. The molecular weight excluding hydrogens is 360 g/mol. The van der Waals surface area contributed by atoms with Crippen LogP contribution >= 0.6 is 31.9 Å². The highest BCUT2D eigenvalue weighted by Gasteiger charge is 2.02. The second-order valence-corrected chi connectivity index (χ2v) is 4.52. The fourth-order valence-electron chi connectivity index (χ4n) is 0.830. The fourth-order valence-corrected chi connectivity index (χ4v) is 1.48. The van der Waals surface area contributed by atoms with Crippen LogP contribution in [0, 0.1) is 0 Å². The number of hydrogen-bond donors (Lipinski definition) is 0. The zero-order chi connectivity index (χ0) is 12.9. The molecule has 0 N–H and O–H groups in total. The van der Waals surface area contributed by atoms with E-state index in [0.717, 1.165) is 0 Å². The number of esters is 2. The molecule has 0 atom stereocenters. The highest BCUT2D eigenvalue weighted by molar-refractivity contribution is 9.09. The predicted molar refractivity (Wildman–Crippen MR) is 69.6 cm³/mol. The standard InChI is InChI=1S/C10H16Br2O5/c11-3-1-9(13)16-7-5-15-6-8-17-10(14)2-4-12/h1-8H2. The van der Waals surface area contributed by atoms with Crippen molar-refractivity contribution in [1.29, 1.82) is 0 Å². The molecule has 0 aromatic rings. The molecule has 0 heterocycles. The average molecular weight is 376 g/mol. The third kappa shape index (κ3) is 12.1. The highest BCUT2D eigenvalue weighted by atomic mass is 79.9. The van der Waals surface area contributed by atoms with E-state index in [1.54, 1.807) is 0 Å². The van der Waals surface area contributed by atoms with Gasteiger partial charge in [0.1, 0.15) is 13.2 Å². The SMILES string of the molecule is O=C(CCBr)OCCOCCOC(=O)CCBr. The molecule has 7 heteroatoms. The summed E-state index contributed by atoms with van der Waals surface area (Å²) in [6, 6.07) is 0. The summed E-state index contributed by atoms with van der Waals surface area (Å²) < 4.78 is 14.8. The van der Waals surface area contributed by atoms with Gasteiger partial charge in [-0.25, -0.2) is 0 Å².